The number of imidazole rings is 1. The van der Waals surface area contributed by atoms with Crippen molar-refractivity contribution in [3.8, 4) is 11.4 Å². The molecule has 2 N–H and O–H groups in total. The zero-order valence-electron chi connectivity index (χ0n) is 17.0. The van der Waals surface area contributed by atoms with E-state index in [1.807, 2.05) is 30.3 Å². The number of aromatic nitrogens is 4. The molecule has 4 aromatic rings. The maximum Gasteiger partial charge on any atom is 0.227 e. The van der Waals surface area contributed by atoms with Crippen molar-refractivity contribution in [3.05, 3.63) is 89.6 Å². The highest BCUT2D eigenvalue weighted by Crippen LogP contribution is 2.20. The lowest BCUT2D eigenvalue weighted by molar-refractivity contribution is -0.121. The van der Waals surface area contributed by atoms with Gasteiger partial charge in [0.05, 0.1) is 6.04 Å². The van der Waals surface area contributed by atoms with Gasteiger partial charge < -0.3 is 14.8 Å². The minimum atomic E-state index is -0.327. The van der Waals surface area contributed by atoms with Gasteiger partial charge in [-0.15, -0.1) is 0 Å². The molecule has 0 saturated heterocycles. The predicted octanol–water partition coefficient (Wildman–Crippen LogP) is 3.94. The van der Waals surface area contributed by atoms with E-state index in [4.69, 9.17) is 4.52 Å². The first-order chi connectivity index (χ1) is 15.1. The lowest BCUT2D eigenvalue weighted by atomic mass is 10.0. The molecule has 4 rings (SSSR count). The maximum atomic E-state index is 13.8. The van der Waals surface area contributed by atoms with Gasteiger partial charge in [-0.05, 0) is 24.1 Å². The normalized spacial score (nSPS) is 11.9. The fraction of sp³-hybridized carbons (Fsp3) is 0.217. The molecular weight excluding hydrogens is 397 g/mol. The first kappa shape index (κ1) is 20.5. The second kappa shape index (κ2) is 9.34. The summed E-state index contributed by atoms with van der Waals surface area (Å²) in [6, 6.07) is 14.3. The first-order valence-corrected chi connectivity index (χ1v) is 10.00. The lowest BCUT2D eigenvalue weighted by Crippen LogP contribution is -2.30. The van der Waals surface area contributed by atoms with E-state index in [1.54, 1.807) is 31.5 Å². The Kier molecular flexibility index (Phi) is 6.16. The number of nitrogens with one attached hydrogen (secondary N) is 2. The molecule has 0 saturated carbocycles. The van der Waals surface area contributed by atoms with Crippen LogP contribution < -0.4 is 5.32 Å². The highest BCUT2D eigenvalue weighted by atomic mass is 19.1. The van der Waals surface area contributed by atoms with E-state index in [-0.39, 0.29) is 30.6 Å². The van der Waals surface area contributed by atoms with Crippen LogP contribution in [0.2, 0.25) is 0 Å². The van der Waals surface area contributed by atoms with Crippen LogP contribution in [0.5, 0.6) is 0 Å². The van der Waals surface area contributed by atoms with Gasteiger partial charge in [-0.2, -0.15) is 4.98 Å². The molecule has 7 nitrogen and oxygen atoms in total. The average molecular weight is 419 g/mol. The number of halogens is 1. The predicted molar refractivity (Wildman–Crippen MR) is 112 cm³/mol. The molecule has 0 spiro atoms. The second-order valence-electron chi connectivity index (χ2n) is 7.25. The third-order valence-electron chi connectivity index (χ3n) is 4.95. The van der Waals surface area contributed by atoms with Crippen LogP contribution in [0.1, 0.15) is 35.3 Å². The summed E-state index contributed by atoms with van der Waals surface area (Å²) in [5, 5.41) is 6.95. The number of aromatic amines is 1. The molecule has 158 valence electrons. The Hall–Kier alpha value is -3.81. The minimum absolute atomic E-state index is 0.137. The largest absolute Gasteiger partial charge is 0.349 e. The van der Waals surface area contributed by atoms with Crippen molar-refractivity contribution in [3.63, 3.8) is 0 Å². The number of carbonyl (C=O) groups excluding carboxylic acids is 1. The van der Waals surface area contributed by atoms with Crippen LogP contribution in [0.4, 0.5) is 4.39 Å². The van der Waals surface area contributed by atoms with E-state index in [1.165, 1.54) is 6.07 Å². The van der Waals surface area contributed by atoms with Crippen LogP contribution >= 0.6 is 0 Å². The third kappa shape index (κ3) is 5.22. The molecule has 0 aliphatic rings. The Morgan fingerprint density at radius 2 is 2.06 bits per heavy atom. The van der Waals surface area contributed by atoms with Gasteiger partial charge >= 0.3 is 0 Å². The van der Waals surface area contributed by atoms with Crippen molar-refractivity contribution in [1.82, 2.24) is 25.4 Å². The van der Waals surface area contributed by atoms with Gasteiger partial charge in [-0.3, -0.25) is 4.79 Å². The highest BCUT2D eigenvalue weighted by molar-refractivity contribution is 5.76. The van der Waals surface area contributed by atoms with E-state index in [0.717, 1.165) is 11.4 Å². The van der Waals surface area contributed by atoms with Gasteiger partial charge in [0.1, 0.15) is 11.6 Å². The van der Waals surface area contributed by atoms with Crippen LogP contribution in [0.15, 0.2) is 65.4 Å². The van der Waals surface area contributed by atoms with Crippen LogP contribution in [0, 0.1) is 12.7 Å². The quantitative estimate of drug-likeness (QED) is 0.451. The molecule has 0 aliphatic carbocycles. The lowest BCUT2D eigenvalue weighted by Gasteiger charge is -2.18. The van der Waals surface area contributed by atoms with E-state index >= 15 is 0 Å². The molecule has 1 amide bonds. The van der Waals surface area contributed by atoms with Crippen molar-refractivity contribution in [1.29, 1.82) is 0 Å². The van der Waals surface area contributed by atoms with E-state index in [2.05, 4.69) is 25.4 Å². The third-order valence-corrected chi connectivity index (χ3v) is 4.95. The SMILES string of the molecule is Cc1ccc(-c2noc(CCC(=O)N[C@@H](Cc3ncc[nH]3)c3ccccc3)n2)cc1F. The number of nitrogens with zero attached hydrogens (tertiary/aromatic N) is 3. The maximum absolute atomic E-state index is 13.8. The van der Waals surface area contributed by atoms with Crippen LogP contribution in [-0.4, -0.2) is 26.0 Å². The van der Waals surface area contributed by atoms with Crippen molar-refractivity contribution in [2.75, 3.05) is 0 Å². The van der Waals surface area contributed by atoms with E-state index in [9.17, 15) is 9.18 Å². The van der Waals surface area contributed by atoms with Crippen LogP contribution in [0.3, 0.4) is 0 Å². The zero-order valence-corrected chi connectivity index (χ0v) is 17.0. The van der Waals surface area contributed by atoms with Crippen molar-refractivity contribution >= 4 is 5.91 Å². The Labute approximate surface area is 178 Å². The van der Waals surface area contributed by atoms with Gasteiger partial charge in [0, 0.05) is 37.2 Å². The van der Waals surface area contributed by atoms with Crippen LogP contribution in [-0.2, 0) is 17.6 Å². The number of rotatable bonds is 8. The van der Waals surface area contributed by atoms with Gasteiger partial charge in [-0.1, -0.05) is 47.6 Å². The summed E-state index contributed by atoms with van der Waals surface area (Å²) in [5.74, 6) is 0.956. The van der Waals surface area contributed by atoms with Gasteiger partial charge in [-0.25, -0.2) is 9.37 Å². The zero-order chi connectivity index (χ0) is 21.6. The monoisotopic (exact) mass is 419 g/mol. The Morgan fingerprint density at radius 3 is 2.81 bits per heavy atom. The molecule has 0 radical (unpaired) electrons. The molecule has 2 aromatic carbocycles. The average Bonchev–Trinajstić information content (AvgIpc) is 3.47. The Balaban J connectivity index is 1.38. The molecule has 0 fully saturated rings. The Bertz CT molecular complexity index is 1140. The molecule has 2 heterocycles. The number of hydrogen-bond donors (Lipinski definition) is 2. The molecular formula is C23H22FN5O2. The number of carbonyl (C=O) groups is 1. The fourth-order valence-electron chi connectivity index (χ4n) is 3.23. The molecule has 1 atom stereocenters. The number of benzene rings is 2. The number of amides is 1. The topological polar surface area (TPSA) is 96.7 Å². The summed E-state index contributed by atoms with van der Waals surface area (Å²) in [6.07, 6.45) is 4.46. The molecule has 31 heavy (non-hydrogen) atoms. The molecule has 0 bridgehead atoms. The van der Waals surface area contributed by atoms with Gasteiger partial charge in [0.15, 0.2) is 0 Å². The summed E-state index contributed by atoms with van der Waals surface area (Å²) in [5.41, 5.74) is 2.07. The standard InChI is InChI=1S/C23H22FN5O2/c1-15-7-8-17(13-18(15)24)23-28-22(31-29-23)10-9-21(30)27-19(14-20-25-11-12-26-20)16-5-3-2-4-6-16/h2-8,11-13,19H,9-10,14H2,1H3,(H,25,26)(H,27,30)/t19-/m0/s1. The number of hydrogen-bond acceptors (Lipinski definition) is 5. The highest BCUT2D eigenvalue weighted by Gasteiger charge is 2.18. The second-order valence-corrected chi connectivity index (χ2v) is 7.25. The molecule has 0 unspecified atom stereocenters. The number of H-pyrrole nitrogens is 1. The summed E-state index contributed by atoms with van der Waals surface area (Å²) in [4.78, 5) is 24.2. The number of aryl methyl sites for hydroxylation is 2. The summed E-state index contributed by atoms with van der Waals surface area (Å²) in [7, 11) is 0. The molecule has 8 heteroatoms. The summed E-state index contributed by atoms with van der Waals surface area (Å²) < 4.78 is 19.0. The van der Waals surface area contributed by atoms with E-state index in [0.29, 0.717) is 29.3 Å². The fourth-order valence-corrected chi connectivity index (χ4v) is 3.23. The van der Waals surface area contributed by atoms with Crippen LogP contribution in [0.25, 0.3) is 11.4 Å². The molecule has 2 aromatic heterocycles. The van der Waals surface area contributed by atoms with Gasteiger partial charge in [0.25, 0.3) is 0 Å². The minimum Gasteiger partial charge on any atom is -0.349 e. The first-order valence-electron chi connectivity index (χ1n) is 10.00. The van der Waals surface area contributed by atoms with Crippen molar-refractivity contribution < 1.29 is 13.7 Å². The molecule has 0 aliphatic heterocycles. The summed E-state index contributed by atoms with van der Waals surface area (Å²) in [6.45, 7) is 1.69. The van der Waals surface area contributed by atoms with Crippen molar-refractivity contribution in [2.24, 2.45) is 0 Å². The van der Waals surface area contributed by atoms with E-state index < -0.39 is 0 Å². The van der Waals surface area contributed by atoms with Crippen molar-refractivity contribution in [2.45, 2.75) is 32.2 Å². The Morgan fingerprint density at radius 1 is 1.23 bits per heavy atom. The van der Waals surface area contributed by atoms with Gasteiger partial charge in [0.2, 0.25) is 17.6 Å². The smallest absolute Gasteiger partial charge is 0.227 e. The summed E-state index contributed by atoms with van der Waals surface area (Å²) >= 11 is 0.